The normalized spacial score (nSPS) is 13.7. The molecular formula is C6H12O2S2. The molecule has 0 heterocycles. The summed E-state index contributed by atoms with van der Waals surface area (Å²) < 4.78 is -0.214. The first-order valence-electron chi connectivity index (χ1n) is 3.04. The van der Waals surface area contributed by atoms with Gasteiger partial charge in [-0.15, -0.1) is 0 Å². The van der Waals surface area contributed by atoms with Crippen molar-refractivity contribution >= 4 is 31.0 Å². The first-order chi connectivity index (χ1) is 4.57. The molecule has 0 aliphatic heterocycles. The van der Waals surface area contributed by atoms with Crippen molar-refractivity contribution in [3.8, 4) is 0 Å². The Morgan fingerprint density at radius 1 is 1.60 bits per heavy atom. The number of Topliss-reactive ketones (excluding diaryl/α,β-unsaturated/α-hetero) is 1. The fraction of sp³-hybridized carbons (Fsp3) is 0.833. The van der Waals surface area contributed by atoms with Crippen molar-refractivity contribution in [2.24, 2.45) is 5.92 Å². The van der Waals surface area contributed by atoms with Crippen LogP contribution in [0.25, 0.3) is 0 Å². The largest absolute Gasteiger partial charge is 0.396 e. The average Bonchev–Trinajstić information content (AvgIpc) is 1.81. The number of hydrogen-bond donors (Lipinski definition) is 3. The SMILES string of the molecule is CC(=O)CC(CO)C(S)S. The zero-order valence-corrected chi connectivity index (χ0v) is 7.61. The van der Waals surface area contributed by atoms with Crippen molar-refractivity contribution in [3.63, 3.8) is 0 Å². The molecule has 0 rings (SSSR count). The van der Waals surface area contributed by atoms with E-state index in [0.29, 0.717) is 6.42 Å². The van der Waals surface area contributed by atoms with Crippen molar-refractivity contribution in [1.29, 1.82) is 0 Å². The highest BCUT2D eigenvalue weighted by Gasteiger charge is 2.14. The maximum absolute atomic E-state index is 10.5. The van der Waals surface area contributed by atoms with Gasteiger partial charge in [-0.1, -0.05) is 0 Å². The number of rotatable bonds is 4. The molecule has 0 aliphatic carbocycles. The summed E-state index contributed by atoms with van der Waals surface area (Å²) in [6.45, 7) is 1.46. The molecule has 10 heavy (non-hydrogen) atoms. The molecular weight excluding hydrogens is 168 g/mol. The van der Waals surface area contributed by atoms with Crippen molar-refractivity contribution < 1.29 is 9.90 Å². The molecule has 0 saturated carbocycles. The molecule has 0 amide bonds. The topological polar surface area (TPSA) is 37.3 Å². The van der Waals surface area contributed by atoms with Crippen LogP contribution in [0, 0.1) is 5.92 Å². The molecule has 60 valence electrons. The molecule has 0 spiro atoms. The molecule has 0 fully saturated rings. The molecule has 0 radical (unpaired) electrons. The molecule has 0 bridgehead atoms. The number of carbonyl (C=O) groups excluding carboxylic acids is 1. The average molecular weight is 180 g/mol. The first kappa shape index (κ1) is 10.3. The first-order valence-corrected chi connectivity index (χ1v) is 4.07. The molecule has 0 aromatic carbocycles. The molecule has 4 heteroatoms. The van der Waals surface area contributed by atoms with E-state index in [9.17, 15) is 4.79 Å². The lowest BCUT2D eigenvalue weighted by molar-refractivity contribution is -0.118. The monoisotopic (exact) mass is 180 g/mol. The summed E-state index contributed by atoms with van der Waals surface area (Å²) in [5, 5.41) is 8.70. The van der Waals surface area contributed by atoms with Gasteiger partial charge in [-0.25, -0.2) is 0 Å². The van der Waals surface area contributed by atoms with Crippen LogP contribution in [0.1, 0.15) is 13.3 Å². The number of carbonyl (C=O) groups is 1. The maximum Gasteiger partial charge on any atom is 0.130 e. The predicted molar refractivity (Wildman–Crippen MR) is 47.6 cm³/mol. The Bertz CT molecular complexity index is 114. The van der Waals surface area contributed by atoms with E-state index >= 15 is 0 Å². The van der Waals surface area contributed by atoms with Gasteiger partial charge in [0.25, 0.3) is 0 Å². The van der Waals surface area contributed by atoms with Crippen LogP contribution in [0.15, 0.2) is 0 Å². The van der Waals surface area contributed by atoms with E-state index < -0.39 is 0 Å². The second-order valence-corrected chi connectivity index (χ2v) is 3.78. The Kier molecular flexibility index (Phi) is 5.21. The van der Waals surface area contributed by atoms with Crippen LogP contribution in [0.2, 0.25) is 0 Å². The summed E-state index contributed by atoms with van der Waals surface area (Å²) in [6, 6.07) is 0. The molecule has 0 aromatic rings. The zero-order valence-electron chi connectivity index (χ0n) is 5.82. The highest BCUT2D eigenvalue weighted by Crippen LogP contribution is 2.17. The van der Waals surface area contributed by atoms with Gasteiger partial charge >= 0.3 is 0 Å². The molecule has 0 aromatic heterocycles. The summed E-state index contributed by atoms with van der Waals surface area (Å²) in [7, 11) is 0. The second-order valence-electron chi connectivity index (χ2n) is 2.26. The standard InChI is InChI=1S/C6H12O2S2/c1-4(8)2-5(3-7)6(9)10/h5-7,9-10H,2-3H2,1H3. The van der Waals surface area contributed by atoms with Crippen LogP contribution in [-0.2, 0) is 4.79 Å². The molecule has 0 saturated heterocycles. The van der Waals surface area contributed by atoms with Crippen molar-refractivity contribution in [2.75, 3.05) is 6.61 Å². The van der Waals surface area contributed by atoms with E-state index in [1.807, 2.05) is 0 Å². The van der Waals surface area contributed by atoms with Crippen LogP contribution in [0.4, 0.5) is 0 Å². The maximum atomic E-state index is 10.5. The minimum Gasteiger partial charge on any atom is -0.396 e. The number of aliphatic hydroxyl groups excluding tert-OH is 1. The molecule has 1 unspecified atom stereocenters. The third kappa shape index (κ3) is 4.19. The number of thiol groups is 2. The zero-order chi connectivity index (χ0) is 8.15. The Labute approximate surface area is 71.8 Å². The summed E-state index contributed by atoms with van der Waals surface area (Å²) >= 11 is 8.00. The quantitative estimate of drug-likeness (QED) is 0.441. The number of aliphatic hydroxyl groups is 1. The fourth-order valence-electron chi connectivity index (χ4n) is 0.633. The molecule has 0 aliphatic rings. The Morgan fingerprint density at radius 3 is 2.20 bits per heavy atom. The third-order valence-corrected chi connectivity index (χ3v) is 2.05. The lowest BCUT2D eigenvalue weighted by Gasteiger charge is -2.13. The van der Waals surface area contributed by atoms with Crippen molar-refractivity contribution in [2.45, 2.75) is 17.9 Å². The number of hydrogen-bond acceptors (Lipinski definition) is 4. The van der Waals surface area contributed by atoms with Gasteiger partial charge in [-0.05, 0) is 6.92 Å². The summed E-state index contributed by atoms with van der Waals surface area (Å²) in [5.74, 6) is -0.0590. The van der Waals surface area contributed by atoms with E-state index in [0.717, 1.165) is 0 Å². The summed E-state index contributed by atoms with van der Waals surface area (Å²) in [4.78, 5) is 10.5. The lowest BCUT2D eigenvalue weighted by atomic mass is 10.1. The van der Waals surface area contributed by atoms with Crippen molar-refractivity contribution in [3.05, 3.63) is 0 Å². The van der Waals surface area contributed by atoms with Crippen LogP contribution in [0.5, 0.6) is 0 Å². The van der Waals surface area contributed by atoms with E-state index in [-0.39, 0.29) is 22.9 Å². The van der Waals surface area contributed by atoms with Crippen LogP contribution in [-0.4, -0.2) is 22.1 Å². The highest BCUT2D eigenvalue weighted by molar-refractivity contribution is 7.99. The van der Waals surface area contributed by atoms with Gasteiger partial charge in [0, 0.05) is 23.5 Å². The third-order valence-electron chi connectivity index (χ3n) is 1.21. The molecule has 2 nitrogen and oxygen atoms in total. The molecule has 1 atom stereocenters. The second kappa shape index (κ2) is 5.04. The Balaban J connectivity index is 3.71. The number of ketones is 1. The van der Waals surface area contributed by atoms with Gasteiger partial charge in [-0.2, -0.15) is 25.3 Å². The van der Waals surface area contributed by atoms with E-state index in [4.69, 9.17) is 5.11 Å². The summed E-state index contributed by atoms with van der Waals surface area (Å²) in [5.41, 5.74) is 0. The fourth-order valence-corrected chi connectivity index (χ4v) is 1.03. The molecule has 1 N–H and O–H groups in total. The minimum absolute atomic E-state index is 0.0305. The van der Waals surface area contributed by atoms with Crippen molar-refractivity contribution in [1.82, 2.24) is 0 Å². The van der Waals surface area contributed by atoms with Gasteiger partial charge in [-0.3, -0.25) is 0 Å². The minimum atomic E-state index is -0.214. The lowest BCUT2D eigenvalue weighted by Crippen LogP contribution is -2.17. The van der Waals surface area contributed by atoms with Crippen LogP contribution in [0.3, 0.4) is 0 Å². The van der Waals surface area contributed by atoms with Gasteiger partial charge in [0.15, 0.2) is 0 Å². The summed E-state index contributed by atoms with van der Waals surface area (Å²) in [6.07, 6.45) is 0.355. The van der Waals surface area contributed by atoms with E-state index in [2.05, 4.69) is 25.3 Å². The smallest absolute Gasteiger partial charge is 0.130 e. The van der Waals surface area contributed by atoms with Gasteiger partial charge in [0.2, 0.25) is 0 Å². The van der Waals surface area contributed by atoms with Crippen LogP contribution < -0.4 is 0 Å². The predicted octanol–water partition coefficient (Wildman–Crippen LogP) is 0.760. The van der Waals surface area contributed by atoms with Gasteiger partial charge in [0.1, 0.15) is 5.78 Å². The van der Waals surface area contributed by atoms with Gasteiger partial charge in [0.05, 0.1) is 0 Å². The Hall–Kier alpha value is 0.330. The van der Waals surface area contributed by atoms with E-state index in [1.165, 1.54) is 6.92 Å². The highest BCUT2D eigenvalue weighted by atomic mass is 32.2. The Morgan fingerprint density at radius 2 is 2.10 bits per heavy atom. The van der Waals surface area contributed by atoms with E-state index in [1.54, 1.807) is 0 Å². The van der Waals surface area contributed by atoms with Crippen LogP contribution >= 0.6 is 25.3 Å². The van der Waals surface area contributed by atoms with Gasteiger partial charge < -0.3 is 9.90 Å².